The maximum Gasteiger partial charge on any atom is 0.331 e. The van der Waals surface area contributed by atoms with Gasteiger partial charge >= 0.3 is 5.97 Å². The van der Waals surface area contributed by atoms with E-state index in [0.717, 1.165) is 63.4 Å². The second-order valence-corrected chi connectivity index (χ2v) is 33.4. The maximum absolute atomic E-state index is 12.9. The molecule has 0 aromatic heterocycles. The first-order valence-electron chi connectivity index (χ1n) is 26.8. The van der Waals surface area contributed by atoms with E-state index in [-0.39, 0.29) is 57.0 Å². The lowest BCUT2D eigenvalue weighted by Gasteiger charge is -2.64. The van der Waals surface area contributed by atoms with Gasteiger partial charge in [0.2, 0.25) is 0 Å². The van der Waals surface area contributed by atoms with Crippen molar-refractivity contribution in [3.8, 4) is 0 Å². The van der Waals surface area contributed by atoms with Gasteiger partial charge in [0.05, 0.1) is 30.0 Å². The van der Waals surface area contributed by atoms with Crippen LogP contribution in [0.15, 0.2) is 133 Å². The summed E-state index contributed by atoms with van der Waals surface area (Å²) >= 11 is 0. The molecule has 0 spiro atoms. The highest BCUT2D eigenvalue weighted by atomic mass is 28.4. The number of ether oxygens (including phenoxy) is 3. The summed E-state index contributed by atoms with van der Waals surface area (Å²) in [6.07, 6.45) is 9.84. The molecule has 9 heteroatoms. The van der Waals surface area contributed by atoms with E-state index in [1.165, 1.54) is 20.7 Å². The summed E-state index contributed by atoms with van der Waals surface area (Å²) in [5, 5.41) is 17.4. The minimum atomic E-state index is -3.08. The van der Waals surface area contributed by atoms with Gasteiger partial charge in [-0.3, -0.25) is 0 Å². The van der Waals surface area contributed by atoms with Crippen LogP contribution in [0.4, 0.5) is 0 Å². The van der Waals surface area contributed by atoms with Crippen LogP contribution in [-0.4, -0.2) is 70.6 Å². The predicted octanol–water partition coefficient (Wildman–Crippen LogP) is 10.7. The lowest BCUT2D eigenvalue weighted by Crippen LogP contribution is -2.73. The van der Waals surface area contributed by atoms with Gasteiger partial charge in [0.1, 0.15) is 6.61 Å². The van der Waals surface area contributed by atoms with Crippen LogP contribution in [0.25, 0.3) is 0 Å². The summed E-state index contributed by atoms with van der Waals surface area (Å²) in [5.41, 5.74) is 0.263. The summed E-state index contributed by atoms with van der Waals surface area (Å²) in [6.45, 7) is 21.6. The zero-order valence-corrected chi connectivity index (χ0v) is 45.5. The zero-order valence-electron chi connectivity index (χ0n) is 43.5. The van der Waals surface area contributed by atoms with E-state index >= 15 is 0 Å². The second kappa shape index (κ2) is 18.7. The van der Waals surface area contributed by atoms with Crippen LogP contribution in [0.3, 0.4) is 0 Å². The largest absolute Gasteiger partial charge is 0.458 e. The van der Waals surface area contributed by atoms with Crippen LogP contribution in [0, 0.1) is 34.5 Å². The summed E-state index contributed by atoms with van der Waals surface area (Å²) in [4.78, 5) is 12.2. The molecular weight excluding hydrogens is 901 g/mol. The third-order valence-corrected chi connectivity index (χ3v) is 29.5. The van der Waals surface area contributed by atoms with Gasteiger partial charge in [0.25, 0.3) is 16.6 Å². The molecule has 2 aliphatic heterocycles. The van der Waals surface area contributed by atoms with Gasteiger partial charge in [-0.25, -0.2) is 4.79 Å². The Bertz CT molecular complexity index is 2410. The second-order valence-electron chi connectivity index (χ2n) is 24.9. The summed E-state index contributed by atoms with van der Waals surface area (Å²) in [7, 11) is -6.14. The number of carbonyl (C=O) groups excluding carboxylic acids is 1. The van der Waals surface area contributed by atoms with Crippen molar-refractivity contribution in [1.82, 2.24) is 0 Å². The molecule has 12 atom stereocenters. The molecule has 4 saturated carbocycles. The number of fused-ring (bicyclic) bond motifs is 5. The van der Waals surface area contributed by atoms with Crippen molar-refractivity contribution in [3.63, 3.8) is 0 Å². The van der Waals surface area contributed by atoms with Gasteiger partial charge < -0.3 is 28.2 Å². The number of esters is 1. The zero-order chi connectivity index (χ0) is 49.3. The third-order valence-electron chi connectivity index (χ3n) is 19.4. The van der Waals surface area contributed by atoms with Crippen molar-refractivity contribution in [2.24, 2.45) is 34.5 Å². The van der Waals surface area contributed by atoms with Crippen LogP contribution in [0.5, 0.6) is 0 Å². The van der Waals surface area contributed by atoms with E-state index in [2.05, 4.69) is 184 Å². The molecule has 0 amide bonds. The number of hydrogen-bond acceptors (Lipinski definition) is 7. The van der Waals surface area contributed by atoms with Crippen LogP contribution >= 0.6 is 0 Å². The van der Waals surface area contributed by atoms with Crippen molar-refractivity contribution < 1.29 is 33.0 Å². The lowest BCUT2D eigenvalue weighted by atomic mass is 9.43. The smallest absolute Gasteiger partial charge is 0.331 e. The SMILES string of the molecule is C[C@H]1O[C@@H](O[C@H]2CC[C@@]3(C)[C@H](CC[C@@H]4[C@@H]3CC[C@]3(C)[C@@H](C5=CC(=O)OC5)CC[C@]43O)C2)C[C@H](O[Si](c2ccccc2)(c2ccccc2)C(C)(C)C)[C@@H]1O[Si](c1ccccc1)(c1ccccc1)C(C)(C)C. The Morgan fingerprint density at radius 3 is 1.66 bits per heavy atom. The van der Waals surface area contributed by atoms with Gasteiger partial charge in [-0.1, -0.05) is 177 Å². The minimum absolute atomic E-state index is 0.0640. The molecule has 7 nitrogen and oxygen atoms in total. The van der Waals surface area contributed by atoms with E-state index in [4.69, 9.17) is 23.1 Å². The predicted molar refractivity (Wildman–Crippen MR) is 285 cm³/mol. The molecule has 2 heterocycles. The van der Waals surface area contributed by atoms with Gasteiger partial charge in [-0.2, -0.15) is 0 Å². The number of carbonyl (C=O) groups is 1. The topological polar surface area (TPSA) is 83.5 Å². The molecule has 10 rings (SSSR count). The molecule has 70 heavy (non-hydrogen) atoms. The molecule has 6 aliphatic rings. The number of rotatable bonds is 11. The highest BCUT2D eigenvalue weighted by Crippen LogP contribution is 2.70. The molecule has 4 aliphatic carbocycles. The number of cyclic esters (lactones) is 1. The first-order valence-corrected chi connectivity index (χ1v) is 30.6. The van der Waals surface area contributed by atoms with E-state index < -0.39 is 34.6 Å². The van der Waals surface area contributed by atoms with Gasteiger partial charge in [0, 0.05) is 17.9 Å². The quantitative estimate of drug-likeness (QED) is 0.0911. The van der Waals surface area contributed by atoms with Crippen LogP contribution in [0.2, 0.25) is 10.1 Å². The fourth-order valence-corrected chi connectivity index (χ4v) is 25.4. The van der Waals surface area contributed by atoms with Crippen molar-refractivity contribution in [3.05, 3.63) is 133 Å². The highest BCUT2D eigenvalue weighted by molar-refractivity contribution is 7.00. The van der Waals surface area contributed by atoms with E-state index in [9.17, 15) is 9.90 Å². The van der Waals surface area contributed by atoms with E-state index in [1.54, 1.807) is 6.08 Å². The van der Waals surface area contributed by atoms with Crippen LogP contribution < -0.4 is 20.7 Å². The van der Waals surface area contributed by atoms with Crippen molar-refractivity contribution >= 4 is 43.4 Å². The van der Waals surface area contributed by atoms with Crippen molar-refractivity contribution in [2.75, 3.05) is 6.61 Å². The van der Waals surface area contributed by atoms with Crippen molar-refractivity contribution in [1.29, 1.82) is 0 Å². The van der Waals surface area contributed by atoms with Crippen molar-refractivity contribution in [2.45, 2.75) is 173 Å². The first-order chi connectivity index (χ1) is 33.3. The third kappa shape index (κ3) is 8.20. The van der Waals surface area contributed by atoms with Crippen LogP contribution in [-0.2, 0) is 27.9 Å². The molecule has 374 valence electrons. The van der Waals surface area contributed by atoms with E-state index in [0.29, 0.717) is 24.9 Å². The Morgan fingerprint density at radius 1 is 0.629 bits per heavy atom. The fraction of sp³-hybridized carbons (Fsp3) is 0.557. The monoisotopic (exact) mass is 981 g/mol. The van der Waals surface area contributed by atoms with Crippen LogP contribution in [0.1, 0.15) is 127 Å². The Kier molecular flexibility index (Phi) is 13.3. The number of aliphatic hydroxyl groups is 1. The Morgan fingerprint density at radius 2 is 1.16 bits per heavy atom. The highest BCUT2D eigenvalue weighted by Gasteiger charge is 2.68. The molecule has 1 saturated heterocycles. The lowest BCUT2D eigenvalue weighted by molar-refractivity contribution is -0.266. The number of hydrogen-bond donors (Lipinski definition) is 1. The standard InChI is InChI=1S/C61H80O7Si2/c1-42-56(68-70(58(5,6)7,48-26-18-12-19-27-48)49-28-20-13-21-29-49)53(67-69(57(2,3)4,46-22-14-10-15-23-46)47-24-16-11-17-25-47)40-55(65-42)66-45-32-35-59(8)44(39-45)30-31-52-51(59)33-36-60(9)50(34-37-61(52,60)63)43-38-54(62)64-41-43/h10-29,38,42,44-45,50-53,55-56,63H,30-37,39-41H2,1-9H3/t42-,44-,45+,50-,51+,52-,53+,55+,56-,59+,60-,61+/m1/s1. The molecule has 0 radical (unpaired) electrons. The summed E-state index contributed by atoms with van der Waals surface area (Å²) < 4.78 is 36.3. The van der Waals surface area contributed by atoms with Gasteiger partial charge in [0.15, 0.2) is 6.29 Å². The summed E-state index contributed by atoms with van der Waals surface area (Å²) in [6, 6.07) is 44.0. The fourth-order valence-electron chi connectivity index (χ4n) is 15.9. The normalized spacial score (nSPS) is 34.7. The first kappa shape index (κ1) is 49.9. The molecule has 0 unspecified atom stereocenters. The average molecular weight is 981 g/mol. The Balaban J connectivity index is 0.965. The molecular formula is C61H80O7Si2. The summed E-state index contributed by atoms with van der Waals surface area (Å²) in [5.74, 6) is 1.22. The molecule has 4 aromatic rings. The molecule has 0 bridgehead atoms. The minimum Gasteiger partial charge on any atom is -0.458 e. The Labute approximate surface area is 421 Å². The average Bonchev–Trinajstić information content (AvgIpc) is 3.89. The van der Waals surface area contributed by atoms with E-state index in [1.807, 2.05) is 0 Å². The number of benzene rings is 4. The molecule has 4 aromatic carbocycles. The Hall–Kier alpha value is -3.68. The molecule has 1 N–H and O–H groups in total. The van der Waals surface area contributed by atoms with Gasteiger partial charge in [-0.15, -0.1) is 0 Å². The maximum atomic E-state index is 12.9. The molecule has 5 fully saturated rings. The van der Waals surface area contributed by atoms with Gasteiger partial charge in [-0.05, 0) is 130 Å².